The Kier molecular flexibility index (Phi) is 14.7. The summed E-state index contributed by atoms with van der Waals surface area (Å²) in [6.07, 6.45) is 9.46. The molecule has 0 saturated carbocycles. The van der Waals surface area contributed by atoms with Crippen LogP contribution in [0.2, 0.25) is 0 Å². The average Bonchev–Trinajstić information content (AvgIpc) is 2.73. The van der Waals surface area contributed by atoms with Crippen molar-refractivity contribution in [2.45, 2.75) is 52.2 Å². The minimum Gasteiger partial charge on any atom is -0.497 e. The zero-order chi connectivity index (χ0) is 22.2. The maximum absolute atomic E-state index is 10.4. The molecule has 170 valence electrons. The van der Waals surface area contributed by atoms with Gasteiger partial charge in [0.25, 0.3) is 0 Å². The van der Waals surface area contributed by atoms with E-state index in [1.54, 1.807) is 18.9 Å². The monoisotopic (exact) mass is 436 g/mol. The van der Waals surface area contributed by atoms with Gasteiger partial charge in [0, 0.05) is 5.92 Å². The molecule has 5 heteroatoms. The maximum atomic E-state index is 10.4. The van der Waals surface area contributed by atoms with Gasteiger partial charge in [0.05, 0.1) is 39.0 Å². The fourth-order valence-electron chi connectivity index (χ4n) is 3.27. The number of hydrogen-bond acceptors (Lipinski definition) is 5. The number of aliphatic hydroxyl groups is 1. The summed E-state index contributed by atoms with van der Waals surface area (Å²) in [7, 11) is 1.67. The molecule has 0 aliphatic rings. The summed E-state index contributed by atoms with van der Waals surface area (Å²) in [5, 5.41) is 10.4. The standard InChI is InChI=1S/C25H40O4S/c1-6-22(17-29-19-30-5)15-24(26)14-20(2)8-7-9-21(3)16-28-18-23-10-12-25(27-4)13-11-23/h6,9-13,20,22,24,26H,1,7-8,14-19H2,2-5H3/b21-9+/t20-,22+,24+/m1/s1. The normalized spacial score (nSPS) is 14.9. The summed E-state index contributed by atoms with van der Waals surface area (Å²) in [6, 6.07) is 7.95. The third-order valence-electron chi connectivity index (χ3n) is 5.03. The molecule has 0 amide bonds. The zero-order valence-electron chi connectivity index (χ0n) is 19.1. The van der Waals surface area contributed by atoms with E-state index in [1.165, 1.54) is 5.57 Å². The lowest BCUT2D eigenvalue weighted by Crippen LogP contribution is -2.18. The van der Waals surface area contributed by atoms with Crippen LogP contribution >= 0.6 is 11.8 Å². The van der Waals surface area contributed by atoms with E-state index < -0.39 is 0 Å². The van der Waals surface area contributed by atoms with Gasteiger partial charge >= 0.3 is 0 Å². The molecular formula is C25H40O4S. The van der Waals surface area contributed by atoms with Crippen molar-refractivity contribution in [3.8, 4) is 5.75 Å². The van der Waals surface area contributed by atoms with Crippen LogP contribution in [0.25, 0.3) is 0 Å². The van der Waals surface area contributed by atoms with Crippen LogP contribution in [0.15, 0.2) is 48.6 Å². The number of rotatable bonds is 17. The summed E-state index contributed by atoms with van der Waals surface area (Å²) in [4.78, 5) is 0. The minimum atomic E-state index is -0.307. The topological polar surface area (TPSA) is 47.9 Å². The minimum absolute atomic E-state index is 0.212. The molecule has 1 rings (SSSR count). The molecule has 30 heavy (non-hydrogen) atoms. The smallest absolute Gasteiger partial charge is 0.118 e. The number of hydrogen-bond donors (Lipinski definition) is 1. The number of methoxy groups -OCH3 is 1. The molecule has 0 aliphatic carbocycles. The first-order valence-electron chi connectivity index (χ1n) is 10.7. The second-order valence-electron chi connectivity index (χ2n) is 7.97. The van der Waals surface area contributed by atoms with E-state index in [1.807, 2.05) is 36.6 Å². The second kappa shape index (κ2) is 16.4. The molecule has 1 aromatic rings. The summed E-state index contributed by atoms with van der Waals surface area (Å²) in [5.74, 6) is 2.23. The highest BCUT2D eigenvalue weighted by molar-refractivity contribution is 7.98. The summed E-state index contributed by atoms with van der Waals surface area (Å²) in [6.45, 7) is 10.1. The largest absolute Gasteiger partial charge is 0.497 e. The molecule has 0 fully saturated rings. The SMILES string of the molecule is C=C[C@H](COCSC)C[C@@H](O)C[C@H](C)CC/C=C(\C)COCc1ccc(OC)cc1. The summed E-state index contributed by atoms with van der Waals surface area (Å²) in [5.41, 5.74) is 2.39. The highest BCUT2D eigenvalue weighted by Crippen LogP contribution is 2.19. The van der Waals surface area contributed by atoms with Gasteiger partial charge < -0.3 is 19.3 Å². The first kappa shape index (κ1) is 26.8. The Morgan fingerprint density at radius 1 is 1.20 bits per heavy atom. The Balaban J connectivity index is 2.21. The predicted octanol–water partition coefficient (Wildman–Crippen LogP) is 5.85. The van der Waals surface area contributed by atoms with E-state index in [0.29, 0.717) is 31.7 Å². The van der Waals surface area contributed by atoms with Crippen LogP contribution in [-0.4, -0.2) is 43.7 Å². The van der Waals surface area contributed by atoms with Crippen molar-refractivity contribution in [3.05, 3.63) is 54.1 Å². The van der Waals surface area contributed by atoms with Crippen molar-refractivity contribution in [2.75, 3.05) is 32.5 Å². The number of thioether (sulfide) groups is 1. The van der Waals surface area contributed by atoms with E-state index in [0.717, 1.165) is 37.0 Å². The molecule has 1 aromatic carbocycles. The summed E-state index contributed by atoms with van der Waals surface area (Å²) < 4.78 is 16.5. The number of ether oxygens (including phenoxy) is 3. The average molecular weight is 437 g/mol. The van der Waals surface area contributed by atoms with E-state index in [4.69, 9.17) is 14.2 Å². The van der Waals surface area contributed by atoms with Crippen LogP contribution < -0.4 is 4.74 Å². The van der Waals surface area contributed by atoms with Crippen LogP contribution in [0, 0.1) is 11.8 Å². The van der Waals surface area contributed by atoms with Crippen LogP contribution in [0.5, 0.6) is 5.75 Å². The van der Waals surface area contributed by atoms with E-state index in [2.05, 4.69) is 26.5 Å². The highest BCUT2D eigenvalue weighted by atomic mass is 32.2. The van der Waals surface area contributed by atoms with Crippen molar-refractivity contribution in [1.29, 1.82) is 0 Å². The Morgan fingerprint density at radius 2 is 1.93 bits per heavy atom. The van der Waals surface area contributed by atoms with E-state index in [9.17, 15) is 5.11 Å². The third-order valence-corrected chi connectivity index (χ3v) is 5.43. The molecule has 1 N–H and O–H groups in total. The van der Waals surface area contributed by atoms with Crippen LogP contribution in [0.4, 0.5) is 0 Å². The van der Waals surface area contributed by atoms with Crippen LogP contribution in [0.1, 0.15) is 45.1 Å². The molecule has 4 nitrogen and oxygen atoms in total. The third kappa shape index (κ3) is 12.4. The maximum Gasteiger partial charge on any atom is 0.118 e. The molecular weight excluding hydrogens is 396 g/mol. The number of allylic oxidation sites excluding steroid dienone is 1. The van der Waals surface area contributed by atoms with Gasteiger partial charge in [-0.25, -0.2) is 0 Å². The molecule has 0 bridgehead atoms. The first-order valence-corrected chi connectivity index (χ1v) is 12.1. The number of aliphatic hydroxyl groups excluding tert-OH is 1. The Labute approximate surface area is 187 Å². The van der Waals surface area contributed by atoms with Gasteiger partial charge in [-0.15, -0.1) is 18.3 Å². The molecule has 0 spiro atoms. The van der Waals surface area contributed by atoms with Gasteiger partial charge in [-0.3, -0.25) is 0 Å². The Morgan fingerprint density at radius 3 is 2.57 bits per heavy atom. The van der Waals surface area contributed by atoms with Gasteiger partial charge in [-0.05, 0) is 62.5 Å². The van der Waals surface area contributed by atoms with Crippen LogP contribution in [-0.2, 0) is 16.1 Å². The predicted molar refractivity (Wildman–Crippen MR) is 128 cm³/mol. The highest BCUT2D eigenvalue weighted by Gasteiger charge is 2.15. The number of benzene rings is 1. The molecule has 0 heterocycles. The lowest BCUT2D eigenvalue weighted by Gasteiger charge is -2.20. The van der Waals surface area contributed by atoms with E-state index >= 15 is 0 Å². The Hall–Kier alpha value is -1.27. The van der Waals surface area contributed by atoms with Crippen molar-refractivity contribution in [3.63, 3.8) is 0 Å². The fraction of sp³-hybridized carbons (Fsp3) is 0.600. The molecule has 3 atom stereocenters. The van der Waals surface area contributed by atoms with Gasteiger partial charge in [0.1, 0.15) is 5.75 Å². The van der Waals surface area contributed by atoms with Crippen molar-refractivity contribution < 1.29 is 19.3 Å². The van der Waals surface area contributed by atoms with Crippen molar-refractivity contribution >= 4 is 11.8 Å². The van der Waals surface area contributed by atoms with Crippen molar-refractivity contribution in [1.82, 2.24) is 0 Å². The lowest BCUT2D eigenvalue weighted by molar-refractivity contribution is 0.0906. The molecule has 0 unspecified atom stereocenters. The van der Waals surface area contributed by atoms with Gasteiger partial charge in [0.2, 0.25) is 0 Å². The molecule has 0 aromatic heterocycles. The molecule has 0 aliphatic heterocycles. The first-order chi connectivity index (χ1) is 14.5. The summed E-state index contributed by atoms with van der Waals surface area (Å²) >= 11 is 1.66. The second-order valence-corrected chi connectivity index (χ2v) is 8.79. The molecule has 0 radical (unpaired) electrons. The Bertz CT molecular complexity index is 600. The fourth-order valence-corrected chi connectivity index (χ4v) is 3.53. The molecule has 0 saturated heterocycles. The van der Waals surface area contributed by atoms with E-state index in [-0.39, 0.29) is 12.0 Å². The van der Waals surface area contributed by atoms with Gasteiger partial charge in [-0.1, -0.05) is 36.8 Å². The lowest BCUT2D eigenvalue weighted by atomic mass is 9.92. The quantitative estimate of drug-likeness (QED) is 0.188. The zero-order valence-corrected chi connectivity index (χ0v) is 20.0. The van der Waals surface area contributed by atoms with Gasteiger partial charge in [0.15, 0.2) is 0 Å². The van der Waals surface area contributed by atoms with Gasteiger partial charge in [-0.2, -0.15) is 0 Å². The van der Waals surface area contributed by atoms with Crippen LogP contribution in [0.3, 0.4) is 0 Å². The van der Waals surface area contributed by atoms with Crippen molar-refractivity contribution in [2.24, 2.45) is 11.8 Å².